The van der Waals surface area contributed by atoms with E-state index in [0.717, 1.165) is 29.7 Å². The van der Waals surface area contributed by atoms with Crippen LogP contribution in [0.3, 0.4) is 0 Å². The largest absolute Gasteiger partial charge is 0.314 e. The van der Waals surface area contributed by atoms with Crippen molar-refractivity contribution in [3.05, 3.63) is 33.1 Å². The highest BCUT2D eigenvalue weighted by molar-refractivity contribution is 14.1. The minimum absolute atomic E-state index is 0.146. The second kappa shape index (κ2) is 6.77. The van der Waals surface area contributed by atoms with E-state index in [1.165, 1.54) is 6.07 Å². The normalized spacial score (nSPS) is 18.8. The van der Waals surface area contributed by atoms with Crippen LogP contribution >= 0.6 is 22.6 Å². The standard InChI is InChI=1S/C13H17F2IN2/c14-4-3-13(18-7-5-17-6-8-18)11-9-10(16)1-2-12(11)15/h1-2,9,13,17H,3-8H2/t13-/m1/s1. The molecule has 1 heterocycles. The van der Waals surface area contributed by atoms with Gasteiger partial charge in [0.1, 0.15) is 5.82 Å². The molecule has 1 aliphatic rings. The number of alkyl halides is 1. The summed E-state index contributed by atoms with van der Waals surface area (Å²) in [6, 6.07) is 4.90. The molecule has 1 aromatic carbocycles. The van der Waals surface area contributed by atoms with Crippen molar-refractivity contribution in [2.24, 2.45) is 0 Å². The summed E-state index contributed by atoms with van der Waals surface area (Å²) in [5.74, 6) is -0.229. The molecule has 18 heavy (non-hydrogen) atoms. The first-order valence-electron chi connectivity index (χ1n) is 6.18. The van der Waals surface area contributed by atoms with Gasteiger partial charge in [0.25, 0.3) is 0 Å². The molecular weight excluding hydrogens is 349 g/mol. The zero-order valence-corrected chi connectivity index (χ0v) is 12.3. The van der Waals surface area contributed by atoms with Crippen molar-refractivity contribution in [2.45, 2.75) is 12.5 Å². The molecule has 1 aromatic rings. The topological polar surface area (TPSA) is 15.3 Å². The number of hydrogen-bond acceptors (Lipinski definition) is 2. The Hall–Kier alpha value is -0.270. The molecule has 0 aromatic heterocycles. The molecule has 0 spiro atoms. The van der Waals surface area contributed by atoms with E-state index in [1.54, 1.807) is 6.07 Å². The highest BCUT2D eigenvalue weighted by atomic mass is 127. The lowest BCUT2D eigenvalue weighted by Gasteiger charge is -2.35. The van der Waals surface area contributed by atoms with Gasteiger partial charge in [0.05, 0.1) is 6.67 Å². The first-order valence-corrected chi connectivity index (χ1v) is 7.26. The Morgan fingerprint density at radius 2 is 2.06 bits per heavy atom. The second-order valence-corrected chi connectivity index (χ2v) is 5.69. The summed E-state index contributed by atoms with van der Waals surface area (Å²) in [5.41, 5.74) is 0.626. The van der Waals surface area contributed by atoms with Gasteiger partial charge in [-0.25, -0.2) is 4.39 Å². The Morgan fingerprint density at radius 1 is 1.33 bits per heavy atom. The molecule has 2 rings (SSSR count). The van der Waals surface area contributed by atoms with Gasteiger partial charge in [0.2, 0.25) is 0 Å². The van der Waals surface area contributed by atoms with Gasteiger partial charge >= 0.3 is 0 Å². The molecule has 0 unspecified atom stereocenters. The minimum atomic E-state index is -0.417. The molecule has 2 nitrogen and oxygen atoms in total. The molecule has 5 heteroatoms. The summed E-state index contributed by atoms with van der Waals surface area (Å²) in [7, 11) is 0. The Morgan fingerprint density at radius 3 is 2.72 bits per heavy atom. The summed E-state index contributed by atoms with van der Waals surface area (Å²) < 4.78 is 27.7. The van der Waals surface area contributed by atoms with Crippen LogP contribution < -0.4 is 5.32 Å². The fourth-order valence-electron chi connectivity index (χ4n) is 2.40. The van der Waals surface area contributed by atoms with Crippen molar-refractivity contribution in [1.29, 1.82) is 0 Å². The number of nitrogens with zero attached hydrogens (tertiary/aromatic N) is 1. The van der Waals surface area contributed by atoms with Crippen LogP contribution in [0.15, 0.2) is 18.2 Å². The molecular formula is C13H17F2IN2. The first kappa shape index (κ1) is 14.1. The van der Waals surface area contributed by atoms with Crippen LogP contribution in [0.1, 0.15) is 18.0 Å². The summed E-state index contributed by atoms with van der Waals surface area (Å²) >= 11 is 2.16. The summed E-state index contributed by atoms with van der Waals surface area (Å²) in [4.78, 5) is 2.17. The van der Waals surface area contributed by atoms with E-state index < -0.39 is 6.67 Å². The number of benzene rings is 1. The predicted octanol–water partition coefficient (Wildman–Crippen LogP) is 2.74. The van der Waals surface area contributed by atoms with E-state index in [4.69, 9.17) is 0 Å². The lowest BCUT2D eigenvalue weighted by atomic mass is 10.0. The van der Waals surface area contributed by atoms with E-state index in [0.29, 0.717) is 12.0 Å². The molecule has 1 aliphatic heterocycles. The first-order chi connectivity index (χ1) is 8.72. The van der Waals surface area contributed by atoms with E-state index in [1.807, 2.05) is 6.07 Å². The van der Waals surface area contributed by atoms with Crippen molar-refractivity contribution >= 4 is 22.6 Å². The number of rotatable bonds is 4. The van der Waals surface area contributed by atoms with Gasteiger partial charge in [0.15, 0.2) is 0 Å². The maximum absolute atomic E-state index is 13.9. The third-order valence-corrected chi connectivity index (χ3v) is 3.96. The van der Waals surface area contributed by atoms with Crippen LogP contribution in [-0.2, 0) is 0 Å². The monoisotopic (exact) mass is 366 g/mol. The van der Waals surface area contributed by atoms with Crippen LogP contribution in [0, 0.1) is 9.39 Å². The average molecular weight is 366 g/mol. The van der Waals surface area contributed by atoms with Crippen LogP contribution in [0.4, 0.5) is 8.78 Å². The van der Waals surface area contributed by atoms with E-state index in [2.05, 4.69) is 32.8 Å². The van der Waals surface area contributed by atoms with E-state index in [-0.39, 0.29) is 11.9 Å². The molecule has 0 radical (unpaired) electrons. The molecule has 0 saturated carbocycles. The fraction of sp³-hybridized carbons (Fsp3) is 0.538. The molecule has 100 valence electrons. The van der Waals surface area contributed by atoms with Crippen molar-refractivity contribution < 1.29 is 8.78 Å². The van der Waals surface area contributed by atoms with Crippen molar-refractivity contribution in [2.75, 3.05) is 32.9 Å². The Bertz CT molecular complexity index is 395. The molecule has 1 fully saturated rings. The second-order valence-electron chi connectivity index (χ2n) is 4.45. The fourth-order valence-corrected chi connectivity index (χ4v) is 2.92. The van der Waals surface area contributed by atoms with Crippen molar-refractivity contribution in [3.8, 4) is 0 Å². The van der Waals surface area contributed by atoms with Crippen molar-refractivity contribution in [1.82, 2.24) is 10.2 Å². The molecule has 0 amide bonds. The smallest absolute Gasteiger partial charge is 0.128 e. The Labute approximate surface area is 120 Å². The molecule has 1 atom stereocenters. The summed E-state index contributed by atoms with van der Waals surface area (Å²) in [5, 5.41) is 3.26. The van der Waals surface area contributed by atoms with Crippen LogP contribution in [-0.4, -0.2) is 37.8 Å². The highest BCUT2D eigenvalue weighted by Gasteiger charge is 2.24. The summed E-state index contributed by atoms with van der Waals surface area (Å²) in [6.45, 7) is 3.04. The Balaban J connectivity index is 2.24. The maximum Gasteiger partial charge on any atom is 0.128 e. The third kappa shape index (κ3) is 3.39. The quantitative estimate of drug-likeness (QED) is 0.825. The lowest BCUT2D eigenvalue weighted by Crippen LogP contribution is -2.45. The zero-order chi connectivity index (χ0) is 13.0. The zero-order valence-electron chi connectivity index (χ0n) is 10.1. The van der Waals surface area contributed by atoms with Crippen LogP contribution in [0.25, 0.3) is 0 Å². The lowest BCUT2D eigenvalue weighted by molar-refractivity contribution is 0.154. The van der Waals surface area contributed by atoms with Gasteiger partial charge in [-0.05, 0) is 47.2 Å². The molecule has 0 aliphatic carbocycles. The van der Waals surface area contributed by atoms with Gasteiger partial charge in [-0.1, -0.05) is 0 Å². The third-order valence-electron chi connectivity index (χ3n) is 3.29. The predicted molar refractivity (Wildman–Crippen MR) is 76.9 cm³/mol. The highest BCUT2D eigenvalue weighted by Crippen LogP contribution is 2.28. The number of nitrogens with one attached hydrogen (secondary N) is 1. The van der Waals surface area contributed by atoms with Crippen LogP contribution in [0.5, 0.6) is 0 Å². The summed E-state index contributed by atoms with van der Waals surface area (Å²) in [6.07, 6.45) is 0.358. The molecule has 1 saturated heterocycles. The average Bonchev–Trinajstić information content (AvgIpc) is 2.40. The van der Waals surface area contributed by atoms with Gasteiger partial charge < -0.3 is 5.32 Å². The SMILES string of the molecule is FCC[C@H](c1cc(I)ccc1F)N1CCNCC1. The van der Waals surface area contributed by atoms with E-state index >= 15 is 0 Å². The van der Waals surface area contributed by atoms with Crippen LogP contribution in [0.2, 0.25) is 0 Å². The van der Waals surface area contributed by atoms with Crippen molar-refractivity contribution in [3.63, 3.8) is 0 Å². The van der Waals surface area contributed by atoms with Gasteiger partial charge in [-0.2, -0.15) is 0 Å². The number of piperazine rings is 1. The van der Waals surface area contributed by atoms with Gasteiger partial charge in [-0.15, -0.1) is 0 Å². The Kier molecular flexibility index (Phi) is 5.32. The van der Waals surface area contributed by atoms with Gasteiger partial charge in [-0.3, -0.25) is 9.29 Å². The minimum Gasteiger partial charge on any atom is -0.314 e. The van der Waals surface area contributed by atoms with E-state index in [9.17, 15) is 8.78 Å². The molecule has 1 N–H and O–H groups in total. The molecule has 0 bridgehead atoms. The number of halogens is 3. The van der Waals surface area contributed by atoms with Gasteiger partial charge in [0, 0.05) is 41.4 Å². The number of hydrogen-bond donors (Lipinski definition) is 1. The maximum atomic E-state index is 13.9.